The highest BCUT2D eigenvalue weighted by molar-refractivity contribution is 6.12. The number of carbonyl (C=O) groups is 2. The molecule has 0 aliphatic carbocycles. The molecule has 1 aliphatic heterocycles. The lowest BCUT2D eigenvalue weighted by atomic mass is 10.6. The molecule has 0 aromatic carbocycles. The third-order valence-electron chi connectivity index (χ3n) is 1.03. The molecule has 0 unspecified atom stereocenters. The largest absolute Gasteiger partial charge is 0.268 e. The standard InChI is InChI=1S/C5H6N2O2/c1-6-7-4(8)2-3-5(7)9/h2-3,6H,1H3. The number of rotatable bonds is 1. The Bertz CT molecular complexity index is 167. The lowest BCUT2D eigenvalue weighted by Crippen LogP contribution is -2.39. The Hall–Kier alpha value is -1.16. The van der Waals surface area contributed by atoms with Crippen LogP contribution in [0.25, 0.3) is 0 Å². The minimum Gasteiger partial charge on any atom is -0.268 e. The smallest absolute Gasteiger partial charge is 0.268 e. The van der Waals surface area contributed by atoms with E-state index >= 15 is 0 Å². The molecule has 0 saturated heterocycles. The van der Waals surface area contributed by atoms with E-state index in [1.54, 1.807) is 0 Å². The molecule has 0 fully saturated rings. The van der Waals surface area contributed by atoms with Gasteiger partial charge in [-0.1, -0.05) is 0 Å². The number of hydrogen-bond acceptors (Lipinski definition) is 3. The molecule has 0 radical (unpaired) electrons. The molecule has 1 rings (SSSR count). The van der Waals surface area contributed by atoms with Gasteiger partial charge in [-0.05, 0) is 0 Å². The number of amides is 2. The van der Waals surface area contributed by atoms with E-state index in [2.05, 4.69) is 5.43 Å². The maximum absolute atomic E-state index is 10.6. The lowest BCUT2D eigenvalue weighted by Gasteiger charge is -2.09. The second-order valence-electron chi connectivity index (χ2n) is 1.57. The van der Waals surface area contributed by atoms with E-state index in [-0.39, 0.29) is 11.8 Å². The third kappa shape index (κ3) is 0.837. The first-order chi connectivity index (χ1) is 4.25. The maximum Gasteiger partial charge on any atom is 0.268 e. The van der Waals surface area contributed by atoms with Crippen LogP contribution in [0.5, 0.6) is 0 Å². The zero-order chi connectivity index (χ0) is 6.85. The van der Waals surface area contributed by atoms with Crippen molar-refractivity contribution in [3.05, 3.63) is 12.2 Å². The van der Waals surface area contributed by atoms with E-state index in [4.69, 9.17) is 0 Å². The normalized spacial score (nSPS) is 17.7. The molecular weight excluding hydrogens is 120 g/mol. The summed E-state index contributed by atoms with van der Waals surface area (Å²) in [7, 11) is 1.52. The molecule has 0 atom stereocenters. The average molecular weight is 126 g/mol. The topological polar surface area (TPSA) is 49.4 Å². The first-order valence-electron chi connectivity index (χ1n) is 2.49. The second-order valence-corrected chi connectivity index (χ2v) is 1.57. The summed E-state index contributed by atoms with van der Waals surface area (Å²) in [5, 5.41) is 0.931. The fraction of sp³-hybridized carbons (Fsp3) is 0.200. The Kier molecular flexibility index (Phi) is 1.32. The number of nitrogens with one attached hydrogen (secondary N) is 1. The summed E-state index contributed by atoms with van der Waals surface area (Å²) in [6, 6.07) is 0. The van der Waals surface area contributed by atoms with Crippen molar-refractivity contribution in [2.24, 2.45) is 0 Å². The van der Waals surface area contributed by atoms with Gasteiger partial charge in [0.05, 0.1) is 0 Å². The Morgan fingerprint density at radius 1 is 1.33 bits per heavy atom. The quantitative estimate of drug-likeness (QED) is 0.460. The molecule has 1 N–H and O–H groups in total. The van der Waals surface area contributed by atoms with Crippen molar-refractivity contribution >= 4 is 11.8 Å². The fourth-order valence-corrected chi connectivity index (χ4v) is 0.621. The minimum absolute atomic E-state index is 0.317. The highest BCUT2D eigenvalue weighted by Crippen LogP contribution is 1.97. The van der Waals surface area contributed by atoms with Crippen LogP contribution in [0.3, 0.4) is 0 Å². The fourth-order valence-electron chi connectivity index (χ4n) is 0.621. The van der Waals surface area contributed by atoms with Crippen LogP contribution >= 0.6 is 0 Å². The highest BCUT2D eigenvalue weighted by Gasteiger charge is 2.20. The zero-order valence-electron chi connectivity index (χ0n) is 4.92. The number of carbonyl (C=O) groups excluding carboxylic acids is 2. The van der Waals surface area contributed by atoms with Crippen molar-refractivity contribution in [1.29, 1.82) is 0 Å². The molecule has 0 aromatic rings. The molecule has 0 aromatic heterocycles. The monoisotopic (exact) mass is 126 g/mol. The van der Waals surface area contributed by atoms with Crippen molar-refractivity contribution in [2.45, 2.75) is 0 Å². The van der Waals surface area contributed by atoms with Gasteiger partial charge in [0.2, 0.25) is 0 Å². The molecule has 9 heavy (non-hydrogen) atoms. The number of hydrazine groups is 1. The van der Waals surface area contributed by atoms with Gasteiger partial charge < -0.3 is 0 Å². The summed E-state index contributed by atoms with van der Waals surface area (Å²) in [5.74, 6) is -0.634. The van der Waals surface area contributed by atoms with Crippen LogP contribution in [-0.2, 0) is 9.59 Å². The van der Waals surface area contributed by atoms with Crippen LogP contribution in [0.1, 0.15) is 0 Å². The predicted octanol–water partition coefficient (Wildman–Crippen LogP) is -0.954. The van der Waals surface area contributed by atoms with E-state index in [0.717, 1.165) is 5.01 Å². The molecule has 4 heteroatoms. The SMILES string of the molecule is CNN1C(=O)C=CC1=O. The summed E-state index contributed by atoms with van der Waals surface area (Å²) < 4.78 is 0. The molecule has 0 spiro atoms. The molecule has 1 aliphatic rings. The van der Waals surface area contributed by atoms with Crippen molar-refractivity contribution < 1.29 is 9.59 Å². The van der Waals surface area contributed by atoms with Gasteiger partial charge in [0.25, 0.3) is 11.8 Å². The first-order valence-corrected chi connectivity index (χ1v) is 2.49. The summed E-state index contributed by atoms with van der Waals surface area (Å²) in [6.07, 6.45) is 2.44. The first kappa shape index (κ1) is 5.97. The van der Waals surface area contributed by atoms with Gasteiger partial charge in [-0.15, -0.1) is 0 Å². The van der Waals surface area contributed by atoms with E-state index in [1.165, 1.54) is 19.2 Å². The molecule has 0 bridgehead atoms. The average Bonchev–Trinajstić information content (AvgIpc) is 2.12. The number of nitrogens with zero attached hydrogens (tertiary/aromatic N) is 1. The van der Waals surface area contributed by atoms with Crippen LogP contribution < -0.4 is 5.43 Å². The maximum atomic E-state index is 10.6. The van der Waals surface area contributed by atoms with Crippen LogP contribution in [0, 0.1) is 0 Å². The van der Waals surface area contributed by atoms with Gasteiger partial charge in [-0.2, -0.15) is 0 Å². The van der Waals surface area contributed by atoms with E-state index < -0.39 is 0 Å². The third-order valence-corrected chi connectivity index (χ3v) is 1.03. The molecule has 2 amide bonds. The summed E-state index contributed by atoms with van der Waals surface area (Å²) in [5.41, 5.74) is 2.44. The van der Waals surface area contributed by atoms with E-state index in [9.17, 15) is 9.59 Å². The molecule has 1 heterocycles. The van der Waals surface area contributed by atoms with E-state index in [0.29, 0.717) is 0 Å². The van der Waals surface area contributed by atoms with Crippen molar-refractivity contribution in [3.8, 4) is 0 Å². The van der Waals surface area contributed by atoms with Crippen LogP contribution in [0.4, 0.5) is 0 Å². The Balaban J connectivity index is 2.75. The van der Waals surface area contributed by atoms with Crippen LogP contribution in [0.2, 0.25) is 0 Å². The molecule has 4 nitrogen and oxygen atoms in total. The molecular formula is C5H6N2O2. The Labute approximate surface area is 52.1 Å². The number of imide groups is 1. The Morgan fingerprint density at radius 3 is 2.00 bits per heavy atom. The second kappa shape index (κ2) is 1.99. The zero-order valence-corrected chi connectivity index (χ0v) is 4.92. The minimum atomic E-state index is -0.317. The molecule has 48 valence electrons. The summed E-state index contributed by atoms with van der Waals surface area (Å²) >= 11 is 0. The van der Waals surface area contributed by atoms with Crippen molar-refractivity contribution in [3.63, 3.8) is 0 Å². The van der Waals surface area contributed by atoms with Gasteiger partial charge in [0.1, 0.15) is 0 Å². The summed E-state index contributed by atoms with van der Waals surface area (Å²) in [4.78, 5) is 21.1. The van der Waals surface area contributed by atoms with Crippen molar-refractivity contribution in [1.82, 2.24) is 10.4 Å². The van der Waals surface area contributed by atoms with E-state index in [1.807, 2.05) is 0 Å². The van der Waals surface area contributed by atoms with Gasteiger partial charge >= 0.3 is 0 Å². The van der Waals surface area contributed by atoms with Crippen LogP contribution in [-0.4, -0.2) is 23.9 Å². The van der Waals surface area contributed by atoms with Gasteiger partial charge in [0, 0.05) is 19.2 Å². The Morgan fingerprint density at radius 2 is 1.78 bits per heavy atom. The van der Waals surface area contributed by atoms with Crippen LogP contribution in [0.15, 0.2) is 12.2 Å². The molecule has 0 saturated carbocycles. The highest BCUT2D eigenvalue weighted by atomic mass is 16.2. The number of hydrogen-bond donors (Lipinski definition) is 1. The summed E-state index contributed by atoms with van der Waals surface area (Å²) in [6.45, 7) is 0. The van der Waals surface area contributed by atoms with Gasteiger partial charge in [-0.3, -0.25) is 9.59 Å². The van der Waals surface area contributed by atoms with Gasteiger partial charge in [-0.25, -0.2) is 10.4 Å². The predicted molar refractivity (Wildman–Crippen MR) is 30.1 cm³/mol. The lowest BCUT2D eigenvalue weighted by molar-refractivity contribution is -0.139. The van der Waals surface area contributed by atoms with Gasteiger partial charge in [0.15, 0.2) is 0 Å². The van der Waals surface area contributed by atoms with Crippen molar-refractivity contribution in [2.75, 3.05) is 7.05 Å².